The standard InChI is InChI=1S/C18H15P.C7H9O4.Au/c1-4-10-16(11-5-1)19(17-12-6-2-7-13-17)18-14-8-3-9-15-18;1-5(7(9)11-3)4-6(8)10-2;/h1-15H;1-3H3;/q;-1;+1. The molecule has 0 aliphatic carbocycles. The second kappa shape index (κ2) is 14.5. The van der Waals surface area contributed by atoms with E-state index in [1.54, 1.807) is 0 Å². The Labute approximate surface area is 200 Å². The van der Waals surface area contributed by atoms with E-state index in [-0.39, 0.29) is 28.0 Å². The van der Waals surface area contributed by atoms with Gasteiger partial charge in [0.05, 0.1) is 14.2 Å². The Balaban J connectivity index is 0.000000349. The minimum Gasteiger partial charge on any atom is -0.550 e. The number of methoxy groups -OCH3 is 2. The van der Waals surface area contributed by atoms with Gasteiger partial charge < -0.3 is 14.3 Å². The van der Waals surface area contributed by atoms with Gasteiger partial charge in [-0.3, -0.25) is 4.79 Å². The first-order valence-corrected chi connectivity index (χ1v) is 10.6. The van der Waals surface area contributed by atoms with Crippen LogP contribution in [0.15, 0.2) is 96.6 Å². The average molecular weight is 616 g/mol. The molecule has 164 valence electrons. The summed E-state index contributed by atoms with van der Waals surface area (Å²) in [7, 11) is 1.99. The van der Waals surface area contributed by atoms with Crippen molar-refractivity contribution in [2.75, 3.05) is 14.2 Å². The molecule has 0 saturated carbocycles. The summed E-state index contributed by atoms with van der Waals surface area (Å²) in [5.41, 5.74) is 0.0966. The van der Waals surface area contributed by atoms with Crippen molar-refractivity contribution in [3.05, 3.63) is 103 Å². The number of benzene rings is 3. The van der Waals surface area contributed by atoms with Gasteiger partial charge in [0.2, 0.25) is 5.97 Å². The molecule has 0 radical (unpaired) electrons. The van der Waals surface area contributed by atoms with E-state index in [0.29, 0.717) is 0 Å². The first kappa shape index (κ1) is 26.5. The van der Waals surface area contributed by atoms with Crippen molar-refractivity contribution in [2.24, 2.45) is 0 Å². The summed E-state index contributed by atoms with van der Waals surface area (Å²) in [6.07, 6.45) is 2.16. The molecule has 0 atom stereocenters. The number of carbonyl (C=O) groups excluding carboxylic acids is 2. The molecular formula is C25H24AuO4P. The van der Waals surface area contributed by atoms with Crippen LogP contribution in [0.5, 0.6) is 0 Å². The zero-order valence-electron chi connectivity index (χ0n) is 17.5. The number of hydrogen-bond donors (Lipinski definition) is 0. The maximum atomic E-state index is 10.6. The van der Waals surface area contributed by atoms with Crippen molar-refractivity contribution in [1.82, 2.24) is 0 Å². The predicted octanol–water partition coefficient (Wildman–Crippen LogP) is 3.52. The molecule has 0 unspecified atom stereocenters. The smallest absolute Gasteiger partial charge is 0.550 e. The van der Waals surface area contributed by atoms with Crippen LogP contribution in [0.1, 0.15) is 6.92 Å². The largest absolute Gasteiger partial charge is 1.00 e. The van der Waals surface area contributed by atoms with Crippen molar-refractivity contribution in [3.63, 3.8) is 0 Å². The van der Waals surface area contributed by atoms with Crippen molar-refractivity contribution in [2.45, 2.75) is 6.92 Å². The normalized spacial score (nSPS) is 10.3. The van der Waals surface area contributed by atoms with Gasteiger partial charge >= 0.3 is 22.4 Å². The maximum absolute atomic E-state index is 10.6. The number of carbonyl (C=O) groups is 2. The van der Waals surface area contributed by atoms with Crippen molar-refractivity contribution < 1.29 is 41.4 Å². The summed E-state index contributed by atoms with van der Waals surface area (Å²) in [5.74, 6) is -1.27. The van der Waals surface area contributed by atoms with E-state index < -0.39 is 19.9 Å². The molecule has 0 aliphatic rings. The van der Waals surface area contributed by atoms with Gasteiger partial charge in [0, 0.05) is 0 Å². The number of hydrogen-bond acceptors (Lipinski definition) is 4. The minimum absolute atomic E-state index is 0. The van der Waals surface area contributed by atoms with Crippen LogP contribution in [0.2, 0.25) is 0 Å². The maximum Gasteiger partial charge on any atom is 1.00 e. The molecule has 31 heavy (non-hydrogen) atoms. The molecule has 3 aromatic carbocycles. The van der Waals surface area contributed by atoms with Gasteiger partial charge in [0.15, 0.2) is 5.97 Å². The van der Waals surface area contributed by atoms with E-state index in [2.05, 4.69) is 107 Å². The summed E-state index contributed by atoms with van der Waals surface area (Å²) >= 11 is 0. The van der Waals surface area contributed by atoms with Gasteiger partial charge in [0.1, 0.15) is 0 Å². The van der Waals surface area contributed by atoms with Crippen molar-refractivity contribution >= 4 is 35.8 Å². The van der Waals surface area contributed by atoms with Crippen LogP contribution < -0.4 is 15.9 Å². The Hall–Kier alpha value is -2.49. The Morgan fingerprint density at radius 2 is 1.03 bits per heavy atom. The van der Waals surface area contributed by atoms with E-state index in [4.69, 9.17) is 0 Å². The van der Waals surface area contributed by atoms with E-state index >= 15 is 0 Å². The molecule has 0 aliphatic heterocycles. The van der Waals surface area contributed by atoms with Gasteiger partial charge in [-0.1, -0.05) is 97.9 Å². The first-order valence-electron chi connectivity index (χ1n) is 9.29. The molecular weight excluding hydrogens is 592 g/mol. The zero-order chi connectivity index (χ0) is 21.8. The molecule has 0 spiro atoms. The molecule has 3 aromatic rings. The minimum atomic E-state index is -0.687. The predicted molar refractivity (Wildman–Crippen MR) is 122 cm³/mol. The molecule has 0 heterocycles. The van der Waals surface area contributed by atoms with Crippen LogP contribution in [0, 0.1) is 6.08 Å². The molecule has 0 fully saturated rings. The number of rotatable bonds is 5. The van der Waals surface area contributed by atoms with E-state index in [9.17, 15) is 9.59 Å². The van der Waals surface area contributed by atoms with Crippen LogP contribution in [0.25, 0.3) is 0 Å². The molecule has 4 nitrogen and oxygen atoms in total. The van der Waals surface area contributed by atoms with E-state index in [0.717, 1.165) is 0 Å². The Morgan fingerprint density at radius 3 is 1.32 bits per heavy atom. The van der Waals surface area contributed by atoms with E-state index in [1.807, 2.05) is 0 Å². The van der Waals surface area contributed by atoms with Crippen LogP contribution in [-0.4, -0.2) is 26.2 Å². The molecule has 6 heteroatoms. The molecule has 0 aromatic heterocycles. The third kappa shape index (κ3) is 8.64. The van der Waals surface area contributed by atoms with E-state index in [1.165, 1.54) is 37.1 Å². The van der Waals surface area contributed by atoms with Gasteiger partial charge in [-0.15, -0.1) is 5.57 Å². The Bertz CT molecular complexity index is 867. The summed E-state index contributed by atoms with van der Waals surface area (Å²) in [6, 6.07) is 32.3. The fraction of sp³-hybridized carbons (Fsp3) is 0.120. The second-order valence-electron chi connectivity index (χ2n) is 6.08. The van der Waals surface area contributed by atoms with Gasteiger partial charge in [-0.25, -0.2) is 0 Å². The molecule has 0 amide bonds. The topological polar surface area (TPSA) is 52.6 Å². The van der Waals surface area contributed by atoms with Crippen LogP contribution in [0.4, 0.5) is 0 Å². The zero-order valence-corrected chi connectivity index (χ0v) is 20.6. The van der Waals surface area contributed by atoms with Crippen LogP contribution in [0.3, 0.4) is 0 Å². The third-order valence-electron chi connectivity index (χ3n) is 4.01. The van der Waals surface area contributed by atoms with Crippen LogP contribution >= 0.6 is 7.92 Å². The third-order valence-corrected chi connectivity index (χ3v) is 6.45. The number of ether oxygens (including phenoxy) is 2. The van der Waals surface area contributed by atoms with Crippen molar-refractivity contribution in [3.8, 4) is 0 Å². The SMILES string of the molecule is COC(=O)[C-]=C(C)C(=O)OC.[Au+].c1ccc(P(c2ccccc2)c2ccccc2)cc1. The van der Waals surface area contributed by atoms with Gasteiger partial charge in [0.25, 0.3) is 0 Å². The summed E-state index contributed by atoms with van der Waals surface area (Å²) in [4.78, 5) is 21.1. The van der Waals surface area contributed by atoms with Gasteiger partial charge in [-0.05, 0) is 23.8 Å². The van der Waals surface area contributed by atoms with Gasteiger partial charge in [-0.2, -0.15) is 6.08 Å². The molecule has 3 rings (SSSR count). The Kier molecular flexibility index (Phi) is 12.4. The molecule has 0 N–H and O–H groups in total. The average Bonchev–Trinajstić information content (AvgIpc) is 2.81. The fourth-order valence-electron chi connectivity index (χ4n) is 2.59. The quantitative estimate of drug-likeness (QED) is 0.145. The first-order chi connectivity index (χ1) is 14.6. The number of esters is 2. The molecule has 0 bridgehead atoms. The second-order valence-corrected chi connectivity index (χ2v) is 8.30. The summed E-state index contributed by atoms with van der Waals surface area (Å²) in [5, 5.41) is 4.19. The monoisotopic (exact) mass is 616 g/mol. The van der Waals surface area contributed by atoms with Crippen molar-refractivity contribution in [1.29, 1.82) is 0 Å². The fourth-order valence-corrected chi connectivity index (χ4v) is 4.89. The summed E-state index contributed by atoms with van der Waals surface area (Å²) < 4.78 is 8.55. The Morgan fingerprint density at radius 1 is 0.677 bits per heavy atom. The summed E-state index contributed by atoms with van der Waals surface area (Å²) in [6.45, 7) is 1.42. The van der Waals surface area contributed by atoms with Crippen LogP contribution in [-0.2, 0) is 41.4 Å². The molecule has 0 saturated heterocycles.